The molecule has 0 heterocycles. The van der Waals surface area contributed by atoms with Crippen molar-refractivity contribution in [3.63, 3.8) is 0 Å². The molecule has 0 saturated heterocycles. The monoisotopic (exact) mass is 297 g/mol. The van der Waals surface area contributed by atoms with Gasteiger partial charge in [-0.3, -0.25) is 0 Å². The van der Waals surface area contributed by atoms with Gasteiger partial charge in [0.1, 0.15) is 5.75 Å². The van der Waals surface area contributed by atoms with Crippen molar-refractivity contribution in [2.24, 2.45) is 5.92 Å². The summed E-state index contributed by atoms with van der Waals surface area (Å²) in [5, 5.41) is 4.27. The first-order chi connectivity index (χ1) is 9.61. The van der Waals surface area contributed by atoms with E-state index in [2.05, 4.69) is 18.3 Å². The first kappa shape index (κ1) is 15.6. The van der Waals surface area contributed by atoms with Crippen LogP contribution in [-0.4, -0.2) is 33.9 Å². The lowest BCUT2D eigenvalue weighted by Crippen LogP contribution is -2.48. The SMILES string of the molecule is COCCNCC1(c2cc(Cl)ccc2OC)CC(C)C1. The average molecular weight is 298 g/mol. The summed E-state index contributed by atoms with van der Waals surface area (Å²) in [7, 11) is 3.45. The van der Waals surface area contributed by atoms with Gasteiger partial charge in [0.2, 0.25) is 0 Å². The van der Waals surface area contributed by atoms with Gasteiger partial charge in [0.15, 0.2) is 0 Å². The lowest BCUT2D eigenvalue weighted by atomic mass is 9.59. The van der Waals surface area contributed by atoms with Gasteiger partial charge in [-0.1, -0.05) is 18.5 Å². The third kappa shape index (κ3) is 3.27. The maximum atomic E-state index is 6.19. The number of benzene rings is 1. The molecule has 0 spiro atoms. The molecule has 0 atom stereocenters. The zero-order valence-electron chi connectivity index (χ0n) is 12.5. The van der Waals surface area contributed by atoms with Gasteiger partial charge in [0.25, 0.3) is 0 Å². The second kappa shape index (κ2) is 6.79. The van der Waals surface area contributed by atoms with E-state index in [1.54, 1.807) is 14.2 Å². The standard InChI is InChI=1S/C16H24ClNO2/c1-12-9-16(10-12,11-18-6-7-19-2)14-8-13(17)4-5-15(14)20-3/h4-5,8,12,18H,6-7,9-11H2,1-3H3. The van der Waals surface area contributed by atoms with Gasteiger partial charge in [-0.15, -0.1) is 0 Å². The van der Waals surface area contributed by atoms with E-state index in [9.17, 15) is 0 Å². The fourth-order valence-electron chi connectivity index (χ4n) is 3.33. The van der Waals surface area contributed by atoms with Crippen molar-refractivity contribution in [3.8, 4) is 5.75 Å². The summed E-state index contributed by atoms with van der Waals surface area (Å²) in [5.41, 5.74) is 1.37. The van der Waals surface area contributed by atoms with Crippen molar-refractivity contribution in [2.45, 2.75) is 25.2 Å². The molecule has 1 saturated carbocycles. The number of nitrogens with one attached hydrogen (secondary N) is 1. The Labute approximate surface area is 126 Å². The van der Waals surface area contributed by atoms with Crippen molar-refractivity contribution in [2.75, 3.05) is 33.9 Å². The Bertz CT molecular complexity index is 444. The number of methoxy groups -OCH3 is 2. The fourth-order valence-corrected chi connectivity index (χ4v) is 3.50. The summed E-state index contributed by atoms with van der Waals surface area (Å²) >= 11 is 6.19. The predicted octanol–water partition coefficient (Wildman–Crippen LogP) is 3.25. The Morgan fingerprint density at radius 3 is 2.70 bits per heavy atom. The maximum absolute atomic E-state index is 6.19. The Morgan fingerprint density at radius 1 is 1.35 bits per heavy atom. The minimum Gasteiger partial charge on any atom is -0.496 e. The van der Waals surface area contributed by atoms with Gasteiger partial charge in [-0.25, -0.2) is 0 Å². The van der Waals surface area contributed by atoms with E-state index in [1.165, 1.54) is 18.4 Å². The van der Waals surface area contributed by atoms with Gasteiger partial charge >= 0.3 is 0 Å². The third-order valence-corrected chi connectivity index (χ3v) is 4.39. The van der Waals surface area contributed by atoms with Gasteiger partial charge in [0, 0.05) is 36.2 Å². The molecule has 1 fully saturated rings. The number of hydrogen-bond acceptors (Lipinski definition) is 3. The molecule has 0 unspecified atom stereocenters. The lowest BCUT2D eigenvalue weighted by molar-refractivity contribution is 0.140. The lowest BCUT2D eigenvalue weighted by Gasteiger charge is -2.48. The van der Waals surface area contributed by atoms with Crippen LogP contribution in [0.5, 0.6) is 5.75 Å². The van der Waals surface area contributed by atoms with Crippen LogP contribution in [0, 0.1) is 5.92 Å². The Hall–Kier alpha value is -0.770. The highest BCUT2D eigenvalue weighted by Crippen LogP contribution is 2.50. The predicted molar refractivity (Wildman–Crippen MR) is 82.8 cm³/mol. The number of rotatable bonds is 7. The molecule has 0 amide bonds. The molecule has 1 aromatic carbocycles. The molecule has 1 aliphatic rings. The molecule has 2 rings (SSSR count). The van der Waals surface area contributed by atoms with E-state index >= 15 is 0 Å². The van der Waals surface area contributed by atoms with E-state index in [-0.39, 0.29) is 5.41 Å². The number of ether oxygens (including phenoxy) is 2. The second-order valence-electron chi connectivity index (χ2n) is 5.81. The van der Waals surface area contributed by atoms with Crippen molar-refractivity contribution in [3.05, 3.63) is 28.8 Å². The second-order valence-corrected chi connectivity index (χ2v) is 6.24. The van der Waals surface area contributed by atoms with Gasteiger partial charge in [-0.05, 0) is 37.0 Å². The smallest absolute Gasteiger partial charge is 0.122 e. The van der Waals surface area contributed by atoms with E-state index < -0.39 is 0 Å². The van der Waals surface area contributed by atoms with Crippen LogP contribution in [0.3, 0.4) is 0 Å². The highest BCUT2D eigenvalue weighted by molar-refractivity contribution is 6.30. The topological polar surface area (TPSA) is 30.5 Å². The molecule has 20 heavy (non-hydrogen) atoms. The zero-order chi connectivity index (χ0) is 14.6. The Kier molecular flexibility index (Phi) is 5.30. The normalized spacial score (nSPS) is 25.3. The summed E-state index contributed by atoms with van der Waals surface area (Å²) in [4.78, 5) is 0. The van der Waals surface area contributed by atoms with Crippen LogP contribution in [0.4, 0.5) is 0 Å². The molecule has 1 N–H and O–H groups in total. The van der Waals surface area contributed by atoms with Crippen molar-refractivity contribution >= 4 is 11.6 Å². The van der Waals surface area contributed by atoms with Crippen LogP contribution in [-0.2, 0) is 10.2 Å². The summed E-state index contributed by atoms with van der Waals surface area (Å²) < 4.78 is 10.6. The average Bonchev–Trinajstić information content (AvgIpc) is 2.41. The molecule has 1 aliphatic carbocycles. The Morgan fingerprint density at radius 2 is 2.10 bits per heavy atom. The first-order valence-electron chi connectivity index (χ1n) is 7.15. The summed E-state index contributed by atoms with van der Waals surface area (Å²) in [6, 6.07) is 5.92. The highest BCUT2D eigenvalue weighted by atomic mass is 35.5. The maximum Gasteiger partial charge on any atom is 0.122 e. The fraction of sp³-hybridized carbons (Fsp3) is 0.625. The van der Waals surface area contributed by atoms with Crippen LogP contribution >= 0.6 is 11.6 Å². The van der Waals surface area contributed by atoms with Crippen LogP contribution in [0.1, 0.15) is 25.3 Å². The van der Waals surface area contributed by atoms with Gasteiger partial charge in [0.05, 0.1) is 13.7 Å². The number of hydrogen-bond donors (Lipinski definition) is 1. The zero-order valence-corrected chi connectivity index (χ0v) is 13.3. The number of halogens is 1. The molecule has 0 bridgehead atoms. The van der Waals surface area contributed by atoms with Gasteiger partial charge < -0.3 is 14.8 Å². The minimum absolute atomic E-state index is 0.142. The van der Waals surface area contributed by atoms with E-state index in [0.717, 1.165) is 36.4 Å². The van der Waals surface area contributed by atoms with Crippen LogP contribution in [0.2, 0.25) is 5.02 Å². The highest BCUT2D eigenvalue weighted by Gasteiger charge is 2.44. The largest absolute Gasteiger partial charge is 0.496 e. The molecule has 3 nitrogen and oxygen atoms in total. The third-order valence-electron chi connectivity index (χ3n) is 4.16. The molecule has 112 valence electrons. The summed E-state index contributed by atoms with van der Waals surface area (Å²) in [6.07, 6.45) is 2.34. The molecule has 0 radical (unpaired) electrons. The van der Waals surface area contributed by atoms with Crippen molar-refractivity contribution < 1.29 is 9.47 Å². The quantitative estimate of drug-likeness (QED) is 0.784. The summed E-state index contributed by atoms with van der Waals surface area (Å²) in [5.74, 6) is 1.69. The minimum atomic E-state index is 0.142. The molecule has 4 heteroatoms. The van der Waals surface area contributed by atoms with Crippen LogP contribution in [0.25, 0.3) is 0 Å². The van der Waals surface area contributed by atoms with Crippen molar-refractivity contribution in [1.29, 1.82) is 0 Å². The van der Waals surface area contributed by atoms with E-state index in [0.29, 0.717) is 0 Å². The van der Waals surface area contributed by atoms with Crippen LogP contribution < -0.4 is 10.1 Å². The molecular weight excluding hydrogens is 274 g/mol. The molecule has 1 aromatic rings. The first-order valence-corrected chi connectivity index (χ1v) is 7.53. The van der Waals surface area contributed by atoms with E-state index in [1.807, 2.05) is 12.1 Å². The molecule has 0 aliphatic heterocycles. The summed E-state index contributed by atoms with van der Waals surface area (Å²) in [6.45, 7) is 4.84. The van der Waals surface area contributed by atoms with E-state index in [4.69, 9.17) is 21.1 Å². The van der Waals surface area contributed by atoms with Gasteiger partial charge in [-0.2, -0.15) is 0 Å². The Balaban J connectivity index is 2.17. The molecular formula is C16H24ClNO2. The molecule has 0 aromatic heterocycles. The van der Waals surface area contributed by atoms with Crippen molar-refractivity contribution in [1.82, 2.24) is 5.32 Å². The van der Waals surface area contributed by atoms with Crippen LogP contribution in [0.15, 0.2) is 18.2 Å².